The van der Waals surface area contributed by atoms with E-state index in [0.717, 1.165) is 54.4 Å². The SMILES string of the molecule is CC(=O)O[C@@H](C)C(=O)Nc1cccc(C2O[C@H](CN3CCN(c4ncccn4)CC3)[C@@H](c3ccccc3)[C@H](c3ccc(CO)cc3)O2)c1. The van der Waals surface area contributed by atoms with Crippen LogP contribution in [0.15, 0.2) is 97.3 Å². The molecule has 2 N–H and O–H groups in total. The van der Waals surface area contributed by atoms with Crippen molar-refractivity contribution in [2.45, 2.75) is 51.0 Å². The molecule has 6 rings (SSSR count). The van der Waals surface area contributed by atoms with E-state index in [4.69, 9.17) is 14.2 Å². The molecule has 2 aliphatic heterocycles. The molecule has 11 heteroatoms. The Labute approximate surface area is 280 Å². The molecule has 1 amide bonds. The first-order valence-corrected chi connectivity index (χ1v) is 16.3. The van der Waals surface area contributed by atoms with Crippen LogP contribution < -0.4 is 10.2 Å². The van der Waals surface area contributed by atoms with Crippen molar-refractivity contribution in [1.82, 2.24) is 14.9 Å². The molecule has 1 unspecified atom stereocenters. The minimum absolute atomic E-state index is 0.0448. The van der Waals surface area contributed by atoms with Gasteiger partial charge in [-0.25, -0.2) is 9.97 Å². The zero-order valence-electron chi connectivity index (χ0n) is 27.1. The second kappa shape index (κ2) is 15.5. The number of rotatable bonds is 10. The fourth-order valence-corrected chi connectivity index (χ4v) is 6.31. The first kappa shape index (κ1) is 33.2. The molecule has 4 aromatic rings. The first-order chi connectivity index (χ1) is 23.4. The van der Waals surface area contributed by atoms with Crippen molar-refractivity contribution in [3.63, 3.8) is 0 Å². The molecule has 3 heterocycles. The van der Waals surface area contributed by atoms with E-state index in [2.05, 4.69) is 37.2 Å². The number of benzene rings is 3. The number of anilines is 2. The molecule has 2 aliphatic rings. The quantitative estimate of drug-likeness (QED) is 0.235. The summed E-state index contributed by atoms with van der Waals surface area (Å²) in [5.41, 5.74) is 4.18. The van der Waals surface area contributed by atoms with Crippen molar-refractivity contribution >= 4 is 23.5 Å². The van der Waals surface area contributed by atoms with Gasteiger partial charge in [0.25, 0.3) is 5.91 Å². The summed E-state index contributed by atoms with van der Waals surface area (Å²) in [6.07, 6.45) is 1.23. The van der Waals surface area contributed by atoms with Crippen LogP contribution in [0, 0.1) is 0 Å². The first-order valence-electron chi connectivity index (χ1n) is 16.3. The van der Waals surface area contributed by atoms with Gasteiger partial charge in [0.1, 0.15) is 0 Å². The Morgan fingerprint density at radius 1 is 0.896 bits per heavy atom. The topological polar surface area (TPSA) is 126 Å². The Kier molecular flexibility index (Phi) is 10.7. The van der Waals surface area contributed by atoms with Gasteiger partial charge >= 0.3 is 5.97 Å². The highest BCUT2D eigenvalue weighted by Gasteiger charge is 2.43. The molecule has 0 radical (unpaired) electrons. The number of nitrogens with zero attached hydrogens (tertiary/aromatic N) is 4. The largest absolute Gasteiger partial charge is 0.453 e. The lowest BCUT2D eigenvalue weighted by molar-refractivity contribution is -0.263. The number of carbonyl (C=O) groups is 2. The number of aromatic nitrogens is 2. The average molecular weight is 652 g/mol. The average Bonchev–Trinajstić information content (AvgIpc) is 3.12. The zero-order chi connectivity index (χ0) is 33.5. The second-order valence-corrected chi connectivity index (χ2v) is 12.1. The lowest BCUT2D eigenvalue weighted by Gasteiger charge is -2.45. The molecule has 0 saturated carbocycles. The standard InChI is InChI=1S/C37H41N5O6/c1-25(46-26(2)44)35(45)40-31-11-6-10-30(22-31)36-47-32(23-41-18-20-42(21-19-41)37-38-16-7-17-39-37)33(28-8-4-3-5-9-28)34(48-36)29-14-12-27(24-43)13-15-29/h3-17,22,25,32-34,36,43H,18-21,23-24H2,1-2H3,(H,40,45)/t25-,32+,33+,34-,36?/m0/s1. The van der Waals surface area contributed by atoms with Crippen LogP contribution in [0.1, 0.15) is 54.4 Å². The van der Waals surface area contributed by atoms with Crippen molar-refractivity contribution < 1.29 is 28.9 Å². The maximum Gasteiger partial charge on any atom is 0.303 e. The lowest BCUT2D eigenvalue weighted by atomic mass is 9.83. The summed E-state index contributed by atoms with van der Waals surface area (Å²) < 4.78 is 18.8. The Morgan fingerprint density at radius 3 is 2.29 bits per heavy atom. The highest BCUT2D eigenvalue weighted by molar-refractivity contribution is 5.95. The molecule has 5 atom stereocenters. The number of hydrogen-bond acceptors (Lipinski definition) is 10. The minimum atomic E-state index is -0.940. The van der Waals surface area contributed by atoms with E-state index in [1.54, 1.807) is 18.5 Å². The molecular weight excluding hydrogens is 610 g/mol. The lowest BCUT2D eigenvalue weighted by Crippen LogP contribution is -2.51. The van der Waals surface area contributed by atoms with Gasteiger partial charge in [0.2, 0.25) is 5.95 Å². The Morgan fingerprint density at radius 2 is 1.60 bits per heavy atom. The summed E-state index contributed by atoms with van der Waals surface area (Å²) >= 11 is 0. The van der Waals surface area contributed by atoms with Gasteiger partial charge in [0.15, 0.2) is 12.4 Å². The normalized spacial score (nSPS) is 22.1. The third-order valence-electron chi connectivity index (χ3n) is 8.75. The zero-order valence-corrected chi connectivity index (χ0v) is 27.1. The number of ether oxygens (including phenoxy) is 3. The van der Waals surface area contributed by atoms with Crippen molar-refractivity contribution in [3.8, 4) is 0 Å². The van der Waals surface area contributed by atoms with Gasteiger partial charge in [-0.1, -0.05) is 66.7 Å². The van der Waals surface area contributed by atoms with Gasteiger partial charge in [-0.2, -0.15) is 0 Å². The van der Waals surface area contributed by atoms with Crippen molar-refractivity contribution in [2.24, 2.45) is 0 Å². The molecule has 2 saturated heterocycles. The highest BCUT2D eigenvalue weighted by Crippen LogP contribution is 2.47. The van der Waals surface area contributed by atoms with Crippen LogP contribution >= 0.6 is 0 Å². The van der Waals surface area contributed by atoms with E-state index in [1.807, 2.05) is 66.7 Å². The van der Waals surface area contributed by atoms with Crippen molar-refractivity contribution in [3.05, 3.63) is 120 Å². The Hall–Kier alpha value is -4.68. The molecule has 0 aliphatic carbocycles. The van der Waals surface area contributed by atoms with E-state index in [1.165, 1.54) is 13.8 Å². The van der Waals surface area contributed by atoms with Crippen LogP contribution in [-0.2, 0) is 30.4 Å². The Balaban J connectivity index is 1.29. The van der Waals surface area contributed by atoms with Crippen LogP contribution in [-0.4, -0.2) is 76.8 Å². The molecular formula is C37H41N5O6. The van der Waals surface area contributed by atoms with Gasteiger partial charge < -0.3 is 29.5 Å². The van der Waals surface area contributed by atoms with Gasteiger partial charge in [-0.15, -0.1) is 0 Å². The van der Waals surface area contributed by atoms with Crippen LogP contribution in [0.3, 0.4) is 0 Å². The van der Waals surface area contributed by atoms with Crippen molar-refractivity contribution in [1.29, 1.82) is 0 Å². The van der Waals surface area contributed by atoms with Gasteiger partial charge in [-0.3, -0.25) is 14.5 Å². The summed E-state index contributed by atoms with van der Waals surface area (Å²) in [5, 5.41) is 12.6. The summed E-state index contributed by atoms with van der Waals surface area (Å²) in [4.78, 5) is 37.6. The maximum absolute atomic E-state index is 12.7. The molecule has 2 fully saturated rings. The predicted octanol–water partition coefficient (Wildman–Crippen LogP) is 4.62. The van der Waals surface area contributed by atoms with E-state index < -0.39 is 24.3 Å². The third-order valence-corrected chi connectivity index (χ3v) is 8.75. The highest BCUT2D eigenvalue weighted by atomic mass is 16.7. The fourth-order valence-electron chi connectivity index (χ4n) is 6.31. The number of carbonyl (C=O) groups excluding carboxylic acids is 2. The van der Waals surface area contributed by atoms with Crippen molar-refractivity contribution in [2.75, 3.05) is 42.9 Å². The monoisotopic (exact) mass is 651 g/mol. The van der Waals surface area contributed by atoms with E-state index in [0.29, 0.717) is 12.2 Å². The van der Waals surface area contributed by atoms with Crippen LogP contribution in [0.25, 0.3) is 0 Å². The number of nitrogens with one attached hydrogen (secondary N) is 1. The Bertz CT molecular complexity index is 1650. The summed E-state index contributed by atoms with van der Waals surface area (Å²) in [6, 6.07) is 27.3. The smallest absolute Gasteiger partial charge is 0.303 e. The molecule has 0 spiro atoms. The second-order valence-electron chi connectivity index (χ2n) is 12.1. The van der Waals surface area contributed by atoms with E-state index >= 15 is 0 Å². The summed E-state index contributed by atoms with van der Waals surface area (Å²) in [5.74, 6) is -0.355. The number of esters is 1. The molecule has 48 heavy (non-hydrogen) atoms. The summed E-state index contributed by atoms with van der Waals surface area (Å²) in [7, 11) is 0. The molecule has 250 valence electrons. The predicted molar refractivity (Wildman–Crippen MR) is 180 cm³/mol. The van der Waals surface area contributed by atoms with Crippen LogP contribution in [0.4, 0.5) is 11.6 Å². The minimum Gasteiger partial charge on any atom is -0.453 e. The van der Waals surface area contributed by atoms with Crippen LogP contribution in [0.5, 0.6) is 0 Å². The number of aliphatic hydroxyl groups excluding tert-OH is 1. The fraction of sp³-hybridized carbons (Fsp3) is 0.351. The van der Waals surface area contributed by atoms with Gasteiger partial charge in [-0.05, 0) is 41.8 Å². The van der Waals surface area contributed by atoms with Gasteiger partial charge in [0.05, 0.1) is 18.8 Å². The number of piperazine rings is 1. The van der Waals surface area contributed by atoms with E-state index in [-0.39, 0.29) is 24.7 Å². The molecule has 3 aromatic carbocycles. The molecule has 11 nitrogen and oxygen atoms in total. The third kappa shape index (κ3) is 8.06. The summed E-state index contributed by atoms with van der Waals surface area (Å²) in [6.45, 7) is 6.67. The molecule has 0 bridgehead atoms. The number of amides is 1. The number of hydrogen-bond donors (Lipinski definition) is 2. The van der Waals surface area contributed by atoms with Gasteiger partial charge in [0, 0.05) is 69.2 Å². The number of aliphatic hydroxyl groups is 1. The van der Waals surface area contributed by atoms with E-state index in [9.17, 15) is 14.7 Å². The maximum atomic E-state index is 12.7. The molecule has 1 aromatic heterocycles. The van der Waals surface area contributed by atoms with Crippen LogP contribution in [0.2, 0.25) is 0 Å².